The van der Waals surface area contributed by atoms with Gasteiger partial charge < -0.3 is 44.4 Å². The lowest BCUT2D eigenvalue weighted by Crippen LogP contribution is -2.48. The smallest absolute Gasteiger partial charge is 0.369 e. The van der Waals surface area contributed by atoms with Crippen LogP contribution >= 0.6 is 71.3 Å². The number of imidazole rings is 3. The van der Waals surface area contributed by atoms with Crippen LogP contribution in [0.15, 0.2) is 92.2 Å². The van der Waals surface area contributed by atoms with Gasteiger partial charge in [0, 0.05) is 121 Å². The summed E-state index contributed by atoms with van der Waals surface area (Å²) in [6, 6.07) is 17.2. The van der Waals surface area contributed by atoms with E-state index in [9.17, 15) is 33.9 Å². The van der Waals surface area contributed by atoms with E-state index in [0.29, 0.717) is 58.0 Å². The molecule has 3 saturated heterocycles. The molecule has 6 aromatic rings. The minimum Gasteiger partial charge on any atom is -0.508 e. The number of aromatic nitrogens is 6. The zero-order chi connectivity index (χ0) is 67.5. The number of nitrogens with one attached hydrogen (secondary N) is 1. The molecule has 5 amide bonds. The van der Waals surface area contributed by atoms with Crippen molar-refractivity contribution >= 4 is 110 Å². The van der Waals surface area contributed by atoms with Crippen LogP contribution in [0.5, 0.6) is 17.2 Å². The number of benzene rings is 3. The number of aryl methyl sites for hydroxylation is 3. The van der Waals surface area contributed by atoms with Crippen molar-refractivity contribution in [3.63, 3.8) is 0 Å². The van der Waals surface area contributed by atoms with E-state index in [2.05, 4.69) is 67.5 Å². The standard InChI is InChI=1S/C21H28N4O3.C20H26N4O3.C18H24N4O2.C3H5ClO.C2H6.BBr3.ClH/c1-5-20(26)24-10-8-17(9-11-24)23(3)21(27)25-13-18(22-14-25)16-6-7-19(28-4)15(2)12-16;1-4-19(26)23-9-7-16(8-10-23)22(3)20(27)24-12-17(21-13-24)15-5-6-18(25)14(2)11-15;1-13-10-14(4-5-17(13)24-3)16-11-22(12-20-16)18(23)21(2)15-6-8-19-9-7-15;1-2-3(4)5;1-2;2-1(3)4;/h6-7,12-14,17H,5,8-11H2,1-4H3;5-6,11-13,16,25H,4,7-10H2,1-3H3;4-5,10-12,15,19H,6-9H2,1-3H3;2H2,1H3;1-2H3;;1H/i;;;;1D;;. The third-order valence-electron chi connectivity index (χ3n) is 15.7. The van der Waals surface area contributed by atoms with Gasteiger partial charge in [0.2, 0.25) is 17.1 Å². The molecule has 0 saturated carbocycles. The number of halogens is 5. The Labute approximate surface area is 574 Å². The molecule has 3 fully saturated rings. The highest BCUT2D eigenvalue weighted by Crippen LogP contribution is 2.29. The van der Waals surface area contributed by atoms with Gasteiger partial charge in [-0.1, -0.05) is 34.6 Å². The molecule has 0 unspecified atom stereocenters. The van der Waals surface area contributed by atoms with Gasteiger partial charge in [0.25, 0.3) is 0 Å². The van der Waals surface area contributed by atoms with Crippen molar-refractivity contribution in [2.75, 3.05) is 74.6 Å². The van der Waals surface area contributed by atoms with Crippen molar-refractivity contribution in [1.29, 1.82) is 0 Å². The molecule has 0 radical (unpaired) electrons. The first kappa shape index (κ1) is 77.2. The Kier molecular flexibility index (Phi) is 33.9. The molecule has 498 valence electrons. The summed E-state index contributed by atoms with van der Waals surface area (Å²) in [6.07, 6.45) is 16.6. The highest BCUT2D eigenvalue weighted by Gasteiger charge is 2.30. The van der Waals surface area contributed by atoms with Crippen LogP contribution < -0.4 is 14.8 Å². The Morgan fingerprint density at radius 1 is 0.593 bits per heavy atom. The van der Waals surface area contributed by atoms with Crippen molar-refractivity contribution < 1.29 is 44.7 Å². The fourth-order valence-electron chi connectivity index (χ4n) is 10.3. The van der Waals surface area contributed by atoms with Crippen LogP contribution in [0, 0.1) is 20.8 Å². The van der Waals surface area contributed by atoms with E-state index in [1.807, 2.05) is 106 Å². The minimum atomic E-state index is -0.273. The van der Waals surface area contributed by atoms with Crippen molar-refractivity contribution in [1.82, 2.24) is 58.5 Å². The van der Waals surface area contributed by atoms with Crippen molar-refractivity contribution in [2.45, 2.75) is 131 Å². The molecule has 6 heterocycles. The number of hydrogen-bond donors (Lipinski definition) is 2. The van der Waals surface area contributed by atoms with Gasteiger partial charge >= 0.3 is 21.3 Å². The largest absolute Gasteiger partial charge is 0.508 e. The summed E-state index contributed by atoms with van der Waals surface area (Å²) in [5.41, 5.74) is 7.81. The van der Waals surface area contributed by atoms with Crippen molar-refractivity contribution in [2.24, 2.45) is 0 Å². The number of rotatable bonds is 11. The van der Waals surface area contributed by atoms with E-state index < -0.39 is 0 Å². The van der Waals surface area contributed by atoms with Gasteiger partial charge in [0.15, 0.2) is 0 Å². The van der Waals surface area contributed by atoms with E-state index in [4.69, 9.17) is 22.4 Å². The maximum Gasteiger partial charge on any atom is 0.369 e. The van der Waals surface area contributed by atoms with Crippen molar-refractivity contribution in [3.05, 3.63) is 109 Å². The van der Waals surface area contributed by atoms with E-state index >= 15 is 0 Å². The number of carbonyl (C=O) groups excluding carboxylic acids is 6. The van der Waals surface area contributed by atoms with Crippen molar-refractivity contribution in [3.8, 4) is 51.0 Å². The predicted molar refractivity (Wildman–Crippen MR) is 376 cm³/mol. The zero-order valence-corrected chi connectivity index (χ0v) is 60.7. The number of nitrogens with zero attached hydrogens (tertiary/aromatic N) is 11. The summed E-state index contributed by atoms with van der Waals surface area (Å²) in [5.74, 6) is 2.26. The molecule has 9 rings (SSSR count). The highest BCUT2D eigenvalue weighted by atomic mass is 79.9. The second-order valence-corrected chi connectivity index (χ2v) is 28.3. The second-order valence-electron chi connectivity index (χ2n) is 21.4. The Morgan fingerprint density at radius 3 is 1.16 bits per heavy atom. The average molecular weight is 1490 g/mol. The average Bonchev–Trinajstić information content (AvgIpc) is 1.81. The molecule has 27 heteroatoms. The number of aromatic hydroxyl groups is 1. The summed E-state index contributed by atoms with van der Waals surface area (Å²) in [6.45, 7) is 18.3. The Balaban J connectivity index is 0.000000329. The number of amides is 5. The molecule has 0 bridgehead atoms. The van der Waals surface area contributed by atoms with Gasteiger partial charge in [0.05, 0.1) is 31.3 Å². The highest BCUT2D eigenvalue weighted by molar-refractivity contribution is 9.69. The summed E-state index contributed by atoms with van der Waals surface area (Å²) in [5, 5.41) is 12.7. The Bertz CT molecular complexity index is 3300. The predicted octanol–water partition coefficient (Wildman–Crippen LogP) is 13.3. The Hall–Kier alpha value is -6.25. The molecule has 3 aromatic carbocycles. The van der Waals surface area contributed by atoms with Crippen LogP contribution in [0.1, 0.15) is 110 Å². The zero-order valence-electron chi connectivity index (χ0n) is 55.3. The number of carbonyl (C=O) groups is 6. The Morgan fingerprint density at radius 2 is 0.890 bits per heavy atom. The SMILES string of the molecule is BrB(Br)Br.CCC(=O)Cl.CCC(=O)N1CCC(N(C)C(=O)n2cnc(-c3ccc(O)c(C)c3)c2)CC1.CCC(=O)N1CCC(N(C)C(=O)n2cnc(-c3ccc(OC)c(C)c3)c2)CC1.COc1ccc(-c2cn(C(=O)N(C)C3CCNCC3)cn2)cc1C.Cl.[2H]CC. The molecule has 0 spiro atoms. The topological polar surface area (TPSA) is 223 Å². The molecule has 2 N–H and O–H groups in total. The first-order valence-corrected chi connectivity index (χ1v) is 33.2. The molecule has 91 heavy (non-hydrogen) atoms. The van der Waals surface area contributed by atoms with Gasteiger partial charge in [0.1, 0.15) is 36.2 Å². The lowest BCUT2D eigenvalue weighted by molar-refractivity contribution is -0.133. The number of phenols is 1. The van der Waals surface area contributed by atoms with Gasteiger partial charge in [-0.3, -0.25) is 28.1 Å². The maximum atomic E-state index is 12.9. The van der Waals surface area contributed by atoms with Gasteiger partial charge in [-0.05, 0) is 155 Å². The number of methoxy groups -OCH3 is 2. The number of likely N-dealkylation sites (tertiary alicyclic amines) is 2. The molecular weight excluding hydrogens is 1400 g/mol. The van der Waals surface area contributed by atoms with Gasteiger partial charge in [-0.15, -0.1) is 59.7 Å². The third kappa shape index (κ3) is 23.7. The summed E-state index contributed by atoms with van der Waals surface area (Å²) in [4.78, 5) is 93.8. The third-order valence-corrected chi connectivity index (χ3v) is 15.9. The van der Waals surface area contributed by atoms with Gasteiger partial charge in [-0.2, -0.15) is 0 Å². The quantitative estimate of drug-likeness (QED) is 0.0911. The first-order valence-electron chi connectivity index (χ1n) is 30.8. The normalized spacial score (nSPS) is 14.0. The van der Waals surface area contributed by atoms with Crippen LogP contribution in [0.25, 0.3) is 33.8 Å². The van der Waals surface area contributed by atoms with E-state index in [1.165, 1.54) is 15.5 Å². The molecule has 3 aromatic heterocycles. The maximum absolute atomic E-state index is 12.9. The molecule has 21 nitrogen and oxygen atoms in total. The fourth-order valence-corrected chi connectivity index (χ4v) is 10.3. The van der Waals surface area contributed by atoms with Crippen LogP contribution in [-0.4, -0.2) is 189 Å². The minimum absolute atomic E-state index is 0. The molecule has 3 aliphatic rings. The number of piperidine rings is 3. The van der Waals surface area contributed by atoms with Crippen LogP contribution in [0.2, 0.25) is 0 Å². The monoisotopic (exact) mass is 1490 g/mol. The lowest BCUT2D eigenvalue weighted by Gasteiger charge is -2.36. The van der Waals surface area contributed by atoms with Crippen LogP contribution in [0.4, 0.5) is 14.4 Å². The summed E-state index contributed by atoms with van der Waals surface area (Å²) >= 11 is 14.1. The molecular formula is C64H90BBr3Cl2N12O9. The van der Waals surface area contributed by atoms with Gasteiger partial charge in [-0.25, -0.2) is 29.3 Å². The van der Waals surface area contributed by atoms with E-state index in [0.717, 1.165) is 108 Å². The molecule has 0 atom stereocenters. The lowest BCUT2D eigenvalue weighted by atomic mass is 10.0. The van der Waals surface area contributed by atoms with Crippen LogP contribution in [0.3, 0.4) is 0 Å². The number of ether oxygens (including phenoxy) is 2. The molecule has 3 aliphatic heterocycles. The summed E-state index contributed by atoms with van der Waals surface area (Å²) in [7, 11) is 8.80. The number of phenolic OH excluding ortho intramolecular Hbond substituents is 1. The fraction of sp³-hybridized carbons (Fsp3) is 0.484. The number of hydrogen-bond acceptors (Lipinski definition) is 13. The van der Waals surface area contributed by atoms with E-state index in [-0.39, 0.29) is 74.6 Å². The van der Waals surface area contributed by atoms with E-state index in [1.54, 1.807) is 92.9 Å². The summed E-state index contributed by atoms with van der Waals surface area (Å²) < 4.78 is 21.6. The second kappa shape index (κ2) is 40.0. The first-order chi connectivity index (χ1) is 43.4. The van der Waals surface area contributed by atoms with Crippen LogP contribution in [-0.2, 0) is 14.4 Å². The molecule has 0 aliphatic carbocycles.